The van der Waals surface area contributed by atoms with E-state index < -0.39 is 5.60 Å². The van der Waals surface area contributed by atoms with E-state index in [1.807, 2.05) is 19.1 Å². The number of benzene rings is 1. The number of halogens is 1. The molecule has 0 bridgehead atoms. The molecule has 2 heteroatoms. The number of hydrogen-bond acceptors (Lipinski definition) is 1. The van der Waals surface area contributed by atoms with E-state index in [9.17, 15) is 5.11 Å². The molecule has 0 aliphatic rings. The third kappa shape index (κ3) is 7.74. The number of aliphatic hydroxyl groups is 1. The Hall–Kier alpha value is -0.340. The van der Waals surface area contributed by atoms with Crippen LogP contribution in [0.2, 0.25) is 0 Å². The average molecular weight is 327 g/mol. The van der Waals surface area contributed by atoms with E-state index in [1.54, 1.807) is 0 Å². The van der Waals surface area contributed by atoms with Gasteiger partial charge in [-0.05, 0) is 31.0 Å². The second kappa shape index (κ2) is 8.76. The topological polar surface area (TPSA) is 20.2 Å². The van der Waals surface area contributed by atoms with Crippen LogP contribution in [0.4, 0.5) is 0 Å². The van der Waals surface area contributed by atoms with Crippen molar-refractivity contribution < 1.29 is 5.11 Å². The lowest BCUT2D eigenvalue weighted by Gasteiger charge is -2.23. The maximum Gasteiger partial charge on any atom is 0.0660 e. The van der Waals surface area contributed by atoms with Crippen molar-refractivity contribution in [2.24, 2.45) is 0 Å². The van der Waals surface area contributed by atoms with Crippen molar-refractivity contribution in [3.05, 3.63) is 34.3 Å². The van der Waals surface area contributed by atoms with Gasteiger partial charge in [0.1, 0.15) is 0 Å². The molecule has 0 aromatic heterocycles. The number of rotatable bonds is 9. The van der Waals surface area contributed by atoms with Gasteiger partial charge in [-0.25, -0.2) is 0 Å². The van der Waals surface area contributed by atoms with E-state index in [-0.39, 0.29) is 0 Å². The quantitative estimate of drug-likeness (QED) is 0.594. The summed E-state index contributed by atoms with van der Waals surface area (Å²) in [6.45, 7) is 4.20. The lowest BCUT2D eigenvalue weighted by atomic mass is 9.91. The third-order valence-electron chi connectivity index (χ3n) is 3.57. The molecule has 1 aromatic carbocycles. The van der Waals surface area contributed by atoms with Gasteiger partial charge < -0.3 is 5.11 Å². The summed E-state index contributed by atoms with van der Waals surface area (Å²) in [7, 11) is 0. The first-order valence-electron chi connectivity index (χ1n) is 7.50. The summed E-state index contributed by atoms with van der Waals surface area (Å²) >= 11 is 3.43. The summed E-state index contributed by atoms with van der Waals surface area (Å²) in [4.78, 5) is 0. The van der Waals surface area contributed by atoms with Crippen LogP contribution in [0, 0.1) is 0 Å². The van der Waals surface area contributed by atoms with Crippen LogP contribution in [-0.2, 0) is 6.42 Å². The van der Waals surface area contributed by atoms with Gasteiger partial charge in [-0.1, -0.05) is 73.5 Å². The molecule has 0 radical (unpaired) electrons. The first-order valence-corrected chi connectivity index (χ1v) is 8.29. The monoisotopic (exact) mass is 326 g/mol. The normalized spacial score (nSPS) is 14.3. The van der Waals surface area contributed by atoms with Gasteiger partial charge >= 0.3 is 0 Å². The molecule has 0 spiro atoms. The molecule has 1 nitrogen and oxygen atoms in total. The summed E-state index contributed by atoms with van der Waals surface area (Å²) in [6, 6.07) is 8.24. The van der Waals surface area contributed by atoms with Gasteiger partial charge in [-0.15, -0.1) is 0 Å². The van der Waals surface area contributed by atoms with Crippen LogP contribution < -0.4 is 0 Å². The van der Waals surface area contributed by atoms with Gasteiger partial charge in [0.2, 0.25) is 0 Å². The van der Waals surface area contributed by atoms with Crippen LogP contribution in [0.25, 0.3) is 0 Å². The molecular weight excluding hydrogens is 300 g/mol. The second-order valence-corrected chi connectivity index (χ2v) is 6.73. The summed E-state index contributed by atoms with van der Waals surface area (Å²) in [5.74, 6) is 0. The fraction of sp³-hybridized carbons (Fsp3) is 0.647. The minimum Gasteiger partial charge on any atom is -0.390 e. The van der Waals surface area contributed by atoms with Crippen molar-refractivity contribution in [2.45, 2.75) is 70.8 Å². The third-order valence-corrected chi connectivity index (χ3v) is 4.10. The van der Waals surface area contributed by atoms with Gasteiger partial charge in [0.05, 0.1) is 5.60 Å². The number of unbranched alkanes of at least 4 members (excludes halogenated alkanes) is 5. The van der Waals surface area contributed by atoms with E-state index in [0.29, 0.717) is 0 Å². The van der Waals surface area contributed by atoms with Crippen molar-refractivity contribution in [1.29, 1.82) is 0 Å². The van der Waals surface area contributed by atoms with E-state index in [2.05, 4.69) is 35.0 Å². The lowest BCUT2D eigenvalue weighted by Crippen LogP contribution is -2.26. The molecule has 1 aromatic rings. The van der Waals surface area contributed by atoms with E-state index >= 15 is 0 Å². The van der Waals surface area contributed by atoms with Gasteiger partial charge in [0.25, 0.3) is 0 Å². The zero-order chi connectivity index (χ0) is 14.1. The number of hydrogen-bond donors (Lipinski definition) is 1. The fourth-order valence-corrected chi connectivity index (χ4v) is 2.68. The molecule has 0 fully saturated rings. The van der Waals surface area contributed by atoms with E-state index in [4.69, 9.17) is 0 Å². The molecule has 1 unspecified atom stereocenters. The summed E-state index contributed by atoms with van der Waals surface area (Å²) in [6.07, 6.45) is 9.30. The first-order chi connectivity index (χ1) is 9.03. The molecule has 1 rings (SSSR count). The standard InChI is InChI=1S/C17H27BrO/c1-3-4-5-6-7-8-13-17(2,19)14-15-9-11-16(18)12-10-15/h9-12,19H,3-8,13-14H2,1-2H3. The van der Waals surface area contributed by atoms with Crippen LogP contribution in [0.1, 0.15) is 64.4 Å². The summed E-state index contributed by atoms with van der Waals surface area (Å²) < 4.78 is 1.09. The summed E-state index contributed by atoms with van der Waals surface area (Å²) in [5, 5.41) is 10.4. The second-order valence-electron chi connectivity index (χ2n) is 5.82. The van der Waals surface area contributed by atoms with Crippen molar-refractivity contribution in [3.8, 4) is 0 Å². The molecule has 108 valence electrons. The molecule has 0 saturated carbocycles. The Morgan fingerprint density at radius 3 is 2.21 bits per heavy atom. The average Bonchev–Trinajstić information content (AvgIpc) is 2.36. The Kier molecular flexibility index (Phi) is 7.70. The van der Waals surface area contributed by atoms with Crippen molar-refractivity contribution in [1.82, 2.24) is 0 Å². The van der Waals surface area contributed by atoms with Crippen LogP contribution in [0.15, 0.2) is 28.7 Å². The zero-order valence-corrected chi connectivity index (χ0v) is 13.9. The Morgan fingerprint density at radius 1 is 1.00 bits per heavy atom. The van der Waals surface area contributed by atoms with E-state index in [1.165, 1.54) is 37.7 Å². The van der Waals surface area contributed by atoms with Crippen LogP contribution >= 0.6 is 15.9 Å². The lowest BCUT2D eigenvalue weighted by molar-refractivity contribution is 0.0484. The predicted molar refractivity (Wildman–Crippen MR) is 86.5 cm³/mol. The Morgan fingerprint density at radius 2 is 1.58 bits per heavy atom. The minimum atomic E-state index is -0.571. The highest BCUT2D eigenvalue weighted by Crippen LogP contribution is 2.22. The Bertz CT molecular complexity index is 343. The van der Waals surface area contributed by atoms with E-state index in [0.717, 1.165) is 23.7 Å². The van der Waals surface area contributed by atoms with Gasteiger partial charge in [0.15, 0.2) is 0 Å². The van der Waals surface area contributed by atoms with Crippen molar-refractivity contribution in [3.63, 3.8) is 0 Å². The molecule has 1 atom stereocenters. The van der Waals surface area contributed by atoms with Gasteiger partial charge in [0, 0.05) is 10.9 Å². The molecule has 1 N–H and O–H groups in total. The van der Waals surface area contributed by atoms with Crippen molar-refractivity contribution >= 4 is 15.9 Å². The molecule has 0 amide bonds. The summed E-state index contributed by atoms with van der Waals surface area (Å²) in [5.41, 5.74) is 0.637. The van der Waals surface area contributed by atoms with Crippen LogP contribution in [-0.4, -0.2) is 10.7 Å². The van der Waals surface area contributed by atoms with Crippen LogP contribution in [0.5, 0.6) is 0 Å². The highest BCUT2D eigenvalue weighted by Gasteiger charge is 2.20. The highest BCUT2D eigenvalue weighted by molar-refractivity contribution is 9.10. The zero-order valence-electron chi connectivity index (χ0n) is 12.3. The van der Waals surface area contributed by atoms with Gasteiger partial charge in [-0.3, -0.25) is 0 Å². The molecule has 19 heavy (non-hydrogen) atoms. The molecule has 0 heterocycles. The minimum absolute atomic E-state index is 0.571. The fourth-order valence-electron chi connectivity index (χ4n) is 2.42. The molecular formula is C17H27BrO. The predicted octanol–water partition coefficient (Wildman–Crippen LogP) is 5.49. The highest BCUT2D eigenvalue weighted by atomic mass is 79.9. The van der Waals surface area contributed by atoms with Gasteiger partial charge in [-0.2, -0.15) is 0 Å². The smallest absolute Gasteiger partial charge is 0.0660 e. The Labute approximate surface area is 126 Å². The maximum atomic E-state index is 10.4. The van der Waals surface area contributed by atoms with Crippen molar-refractivity contribution in [2.75, 3.05) is 0 Å². The molecule has 0 saturated heterocycles. The van der Waals surface area contributed by atoms with Crippen LogP contribution in [0.3, 0.4) is 0 Å². The largest absolute Gasteiger partial charge is 0.390 e. The first kappa shape index (κ1) is 16.7. The molecule has 0 aliphatic carbocycles. The molecule has 0 aliphatic heterocycles. The Balaban J connectivity index is 2.25. The maximum absolute atomic E-state index is 10.4. The SMILES string of the molecule is CCCCCCCCC(C)(O)Cc1ccc(Br)cc1.